The lowest BCUT2D eigenvalue weighted by atomic mass is 9.93. The Morgan fingerprint density at radius 1 is 1.18 bits per heavy atom. The molecule has 0 amide bonds. The molecule has 2 N–H and O–H groups in total. The van der Waals surface area contributed by atoms with Gasteiger partial charge >= 0.3 is 0 Å². The SMILES string of the molecule is Cc1ccc2nc(C#N)c(C)c(-c3cccc(F)c3)c2c1N. The second-order valence-corrected chi connectivity index (χ2v) is 5.27. The van der Waals surface area contributed by atoms with Crippen LogP contribution in [0.3, 0.4) is 0 Å². The van der Waals surface area contributed by atoms with Gasteiger partial charge in [0.25, 0.3) is 0 Å². The molecule has 108 valence electrons. The predicted octanol–water partition coefficient (Wildman–Crippen LogP) is 4.11. The van der Waals surface area contributed by atoms with Gasteiger partial charge in [0, 0.05) is 11.1 Å². The fraction of sp³-hybridized carbons (Fsp3) is 0.111. The van der Waals surface area contributed by atoms with Crippen LogP contribution in [0.15, 0.2) is 36.4 Å². The number of nitrogens with zero attached hydrogens (tertiary/aromatic N) is 2. The zero-order valence-corrected chi connectivity index (χ0v) is 12.3. The molecule has 0 radical (unpaired) electrons. The number of pyridine rings is 1. The molecule has 0 spiro atoms. The molecule has 0 aliphatic heterocycles. The third-order valence-electron chi connectivity index (χ3n) is 3.87. The minimum atomic E-state index is -0.327. The van der Waals surface area contributed by atoms with Crippen molar-refractivity contribution >= 4 is 16.6 Å². The Kier molecular flexibility index (Phi) is 3.26. The lowest BCUT2D eigenvalue weighted by Crippen LogP contribution is -2.00. The summed E-state index contributed by atoms with van der Waals surface area (Å²) in [7, 11) is 0. The lowest BCUT2D eigenvalue weighted by molar-refractivity contribution is 0.628. The molecule has 0 saturated heterocycles. The Labute approximate surface area is 127 Å². The highest BCUT2D eigenvalue weighted by Crippen LogP contribution is 2.37. The van der Waals surface area contributed by atoms with E-state index < -0.39 is 0 Å². The number of benzene rings is 2. The van der Waals surface area contributed by atoms with Gasteiger partial charge in [0.15, 0.2) is 0 Å². The number of aryl methyl sites for hydroxylation is 1. The monoisotopic (exact) mass is 291 g/mol. The van der Waals surface area contributed by atoms with E-state index in [1.165, 1.54) is 12.1 Å². The smallest absolute Gasteiger partial charge is 0.144 e. The van der Waals surface area contributed by atoms with Gasteiger partial charge < -0.3 is 5.73 Å². The molecule has 1 heterocycles. The normalized spacial score (nSPS) is 10.6. The highest BCUT2D eigenvalue weighted by atomic mass is 19.1. The van der Waals surface area contributed by atoms with Crippen molar-refractivity contribution in [1.82, 2.24) is 4.98 Å². The Morgan fingerprint density at radius 3 is 2.64 bits per heavy atom. The van der Waals surface area contributed by atoms with Crippen molar-refractivity contribution in [3.63, 3.8) is 0 Å². The molecule has 0 saturated carbocycles. The van der Waals surface area contributed by atoms with Crippen LogP contribution in [0.1, 0.15) is 16.8 Å². The predicted molar refractivity (Wildman–Crippen MR) is 85.7 cm³/mol. The van der Waals surface area contributed by atoms with Crippen LogP contribution in [0.4, 0.5) is 10.1 Å². The van der Waals surface area contributed by atoms with Crippen molar-refractivity contribution in [2.75, 3.05) is 5.73 Å². The number of hydrogen-bond donors (Lipinski definition) is 1. The summed E-state index contributed by atoms with van der Waals surface area (Å²) >= 11 is 0. The summed E-state index contributed by atoms with van der Waals surface area (Å²) in [5.74, 6) is -0.327. The molecule has 2 aromatic carbocycles. The Bertz CT molecular complexity index is 939. The van der Waals surface area contributed by atoms with Crippen molar-refractivity contribution in [3.8, 4) is 17.2 Å². The van der Waals surface area contributed by atoms with Crippen molar-refractivity contribution in [2.45, 2.75) is 13.8 Å². The quantitative estimate of drug-likeness (QED) is 0.686. The molecule has 1 aromatic heterocycles. The zero-order chi connectivity index (χ0) is 15.9. The Hall–Kier alpha value is -2.93. The molecular formula is C18H14FN3. The van der Waals surface area contributed by atoms with Gasteiger partial charge in [0.2, 0.25) is 0 Å². The number of nitrogen functional groups attached to an aromatic ring is 1. The molecule has 0 atom stereocenters. The molecule has 0 aliphatic rings. The number of nitriles is 1. The largest absolute Gasteiger partial charge is 0.398 e. The summed E-state index contributed by atoms with van der Waals surface area (Å²) in [4.78, 5) is 4.37. The highest BCUT2D eigenvalue weighted by molar-refractivity contribution is 6.05. The maximum Gasteiger partial charge on any atom is 0.144 e. The molecule has 4 heteroatoms. The average Bonchev–Trinajstić information content (AvgIpc) is 2.51. The molecule has 0 unspecified atom stereocenters. The van der Waals surface area contributed by atoms with Gasteiger partial charge in [0.05, 0.1) is 5.52 Å². The maximum absolute atomic E-state index is 13.6. The van der Waals surface area contributed by atoms with Crippen LogP contribution in [0.5, 0.6) is 0 Å². The fourth-order valence-electron chi connectivity index (χ4n) is 2.69. The standard InChI is InChI=1S/C18H14FN3/c1-10-6-7-14-17(18(10)21)16(11(2)15(9-20)22-14)12-4-3-5-13(19)8-12/h3-8H,21H2,1-2H3. The number of fused-ring (bicyclic) bond motifs is 1. The summed E-state index contributed by atoms with van der Waals surface area (Å²) in [6, 6.07) is 12.1. The van der Waals surface area contributed by atoms with Gasteiger partial charge in [-0.15, -0.1) is 0 Å². The molecular weight excluding hydrogens is 277 g/mol. The van der Waals surface area contributed by atoms with Gasteiger partial charge in [-0.05, 0) is 54.3 Å². The van der Waals surface area contributed by atoms with E-state index in [1.54, 1.807) is 6.07 Å². The van der Waals surface area contributed by atoms with E-state index in [0.717, 1.165) is 16.5 Å². The van der Waals surface area contributed by atoms with Crippen molar-refractivity contribution in [2.24, 2.45) is 0 Å². The van der Waals surface area contributed by atoms with E-state index in [2.05, 4.69) is 11.1 Å². The number of anilines is 1. The van der Waals surface area contributed by atoms with E-state index in [4.69, 9.17) is 5.73 Å². The van der Waals surface area contributed by atoms with Crippen LogP contribution in [-0.4, -0.2) is 4.98 Å². The van der Waals surface area contributed by atoms with Crippen LogP contribution >= 0.6 is 0 Å². The molecule has 3 aromatic rings. The Balaban J connectivity index is 2.53. The molecule has 22 heavy (non-hydrogen) atoms. The van der Waals surface area contributed by atoms with Crippen molar-refractivity contribution < 1.29 is 4.39 Å². The van der Waals surface area contributed by atoms with Gasteiger partial charge in [-0.2, -0.15) is 5.26 Å². The maximum atomic E-state index is 13.6. The highest BCUT2D eigenvalue weighted by Gasteiger charge is 2.16. The number of aromatic nitrogens is 1. The van der Waals surface area contributed by atoms with Gasteiger partial charge in [0.1, 0.15) is 17.6 Å². The van der Waals surface area contributed by atoms with Crippen LogP contribution in [-0.2, 0) is 0 Å². The van der Waals surface area contributed by atoms with Crippen LogP contribution < -0.4 is 5.73 Å². The van der Waals surface area contributed by atoms with E-state index >= 15 is 0 Å². The third-order valence-corrected chi connectivity index (χ3v) is 3.87. The number of halogens is 1. The zero-order valence-electron chi connectivity index (χ0n) is 12.3. The summed E-state index contributed by atoms with van der Waals surface area (Å²) < 4.78 is 13.6. The number of nitrogens with two attached hydrogens (primary N) is 1. The van der Waals surface area contributed by atoms with Gasteiger partial charge in [-0.1, -0.05) is 18.2 Å². The van der Waals surface area contributed by atoms with Crippen LogP contribution in [0.25, 0.3) is 22.0 Å². The van der Waals surface area contributed by atoms with Crippen LogP contribution in [0, 0.1) is 31.0 Å². The molecule has 0 bridgehead atoms. The summed E-state index contributed by atoms with van der Waals surface area (Å²) in [6.07, 6.45) is 0. The first-order chi connectivity index (χ1) is 10.5. The molecule has 0 fully saturated rings. The number of hydrogen-bond acceptors (Lipinski definition) is 3. The molecule has 3 nitrogen and oxygen atoms in total. The number of rotatable bonds is 1. The lowest BCUT2D eigenvalue weighted by Gasteiger charge is -2.15. The third kappa shape index (κ3) is 2.08. The molecule has 3 rings (SSSR count). The fourth-order valence-corrected chi connectivity index (χ4v) is 2.69. The average molecular weight is 291 g/mol. The van der Waals surface area contributed by atoms with Gasteiger partial charge in [-0.25, -0.2) is 9.37 Å². The van der Waals surface area contributed by atoms with Crippen molar-refractivity contribution in [1.29, 1.82) is 5.26 Å². The minimum Gasteiger partial charge on any atom is -0.398 e. The van der Waals surface area contributed by atoms with Crippen LogP contribution in [0.2, 0.25) is 0 Å². The van der Waals surface area contributed by atoms with Gasteiger partial charge in [-0.3, -0.25) is 0 Å². The first-order valence-corrected chi connectivity index (χ1v) is 6.88. The molecule has 0 aliphatic carbocycles. The van der Waals surface area contributed by atoms with Crippen molar-refractivity contribution in [3.05, 3.63) is 59.0 Å². The first kappa shape index (κ1) is 14.0. The van der Waals surface area contributed by atoms with E-state index in [0.29, 0.717) is 28.0 Å². The summed E-state index contributed by atoms with van der Waals surface area (Å²) in [5, 5.41) is 10.1. The van der Waals surface area contributed by atoms with E-state index in [-0.39, 0.29) is 5.82 Å². The second-order valence-electron chi connectivity index (χ2n) is 5.27. The first-order valence-electron chi connectivity index (χ1n) is 6.88. The van der Waals surface area contributed by atoms with E-state index in [1.807, 2.05) is 32.0 Å². The summed E-state index contributed by atoms with van der Waals surface area (Å²) in [6.45, 7) is 3.73. The topological polar surface area (TPSA) is 62.7 Å². The van der Waals surface area contributed by atoms with E-state index in [9.17, 15) is 9.65 Å². The minimum absolute atomic E-state index is 0.327. The second kappa shape index (κ2) is 5.12. The summed E-state index contributed by atoms with van der Waals surface area (Å²) in [5.41, 5.74) is 10.9. The Morgan fingerprint density at radius 2 is 1.95 bits per heavy atom.